The molecule has 3 heteroatoms. The molecule has 0 amide bonds. The first-order valence-corrected chi connectivity index (χ1v) is 2.27. The van der Waals surface area contributed by atoms with E-state index in [2.05, 4.69) is 4.98 Å². The van der Waals surface area contributed by atoms with Crippen molar-refractivity contribution in [2.45, 2.75) is 0 Å². The molecule has 0 saturated heterocycles. The zero-order valence-corrected chi connectivity index (χ0v) is 3.97. The van der Waals surface area contributed by atoms with Crippen LogP contribution in [0.1, 0.15) is 0 Å². The maximum absolute atomic E-state index is 10.5. The summed E-state index contributed by atoms with van der Waals surface area (Å²) in [6.45, 7) is 0. The summed E-state index contributed by atoms with van der Waals surface area (Å²) in [6, 6.07) is 1.72. The molecule has 0 fully saturated rings. The Bertz CT molecular complexity index is 276. The largest absolute Gasteiger partial charge is 0.443 e. The van der Waals surface area contributed by atoms with Gasteiger partial charge >= 0.3 is 0 Å². The number of aromatic nitrogens is 1. The lowest BCUT2D eigenvalue weighted by atomic mass is 10.5. The summed E-state index contributed by atoms with van der Waals surface area (Å²) in [5.41, 5.74) is -0.137. The molecule has 1 aliphatic heterocycles. The Morgan fingerprint density at radius 2 is 2.50 bits per heavy atom. The van der Waals surface area contributed by atoms with Gasteiger partial charge < -0.3 is 9.72 Å². The monoisotopic (exact) mass is 109 g/mol. The molecule has 0 radical (unpaired) electrons. The van der Waals surface area contributed by atoms with Crippen LogP contribution in [-0.4, -0.2) is 4.98 Å². The predicted molar refractivity (Wildman–Crippen MR) is 27.1 cm³/mol. The topological polar surface area (TPSA) is 45.4 Å². The second-order valence-electron chi connectivity index (χ2n) is 1.60. The molecule has 0 aromatic carbocycles. The lowest BCUT2D eigenvalue weighted by molar-refractivity contribution is 0.645. The van der Waals surface area contributed by atoms with Crippen LogP contribution in [0.25, 0.3) is 0 Å². The number of fused-ring (bicyclic) bond motifs is 1. The molecule has 0 bridgehead atoms. The molecule has 1 aliphatic rings. The van der Waals surface area contributed by atoms with Crippen molar-refractivity contribution >= 4 is 0 Å². The van der Waals surface area contributed by atoms with Gasteiger partial charge in [-0.15, -0.1) is 0 Å². The first-order valence-electron chi connectivity index (χ1n) is 2.27. The van der Waals surface area contributed by atoms with Crippen molar-refractivity contribution < 1.29 is 4.74 Å². The Kier molecular flexibility index (Phi) is 0.436. The van der Waals surface area contributed by atoms with Crippen molar-refractivity contribution in [3.8, 4) is 11.5 Å². The van der Waals surface area contributed by atoms with Crippen LogP contribution in [0.15, 0.2) is 17.1 Å². The third kappa shape index (κ3) is 0.307. The summed E-state index contributed by atoms with van der Waals surface area (Å²) in [4.78, 5) is 13.0. The minimum absolute atomic E-state index is 0.137. The van der Waals surface area contributed by atoms with Crippen LogP contribution in [0, 0.1) is 0 Å². The Labute approximate surface area is 44.9 Å². The van der Waals surface area contributed by atoms with E-state index in [1.165, 1.54) is 0 Å². The number of pyridine rings is 1. The molecule has 8 heavy (non-hydrogen) atoms. The highest BCUT2D eigenvalue weighted by Crippen LogP contribution is 2.39. The quantitative estimate of drug-likeness (QED) is 0.500. The standard InChI is InChI=1S/C5H3NO2/c7-5-4-3(8-4)1-2-6-5/h1-2H,(H,6,7). The molecule has 3 nitrogen and oxygen atoms in total. The maximum Gasteiger partial charge on any atom is 0.294 e. The first kappa shape index (κ1) is 3.72. The molecule has 1 N–H and O–H groups in total. The summed E-state index contributed by atoms with van der Waals surface area (Å²) >= 11 is 0. The summed E-state index contributed by atoms with van der Waals surface area (Å²) in [5.74, 6) is 1.17. The number of H-pyrrole nitrogens is 1. The van der Waals surface area contributed by atoms with Crippen LogP contribution in [0.4, 0.5) is 0 Å². The van der Waals surface area contributed by atoms with Gasteiger partial charge in [0.2, 0.25) is 5.75 Å². The van der Waals surface area contributed by atoms with Gasteiger partial charge in [-0.3, -0.25) is 4.79 Å². The van der Waals surface area contributed by atoms with Crippen LogP contribution < -0.4 is 10.3 Å². The van der Waals surface area contributed by atoms with E-state index in [0.29, 0.717) is 11.5 Å². The van der Waals surface area contributed by atoms with E-state index >= 15 is 0 Å². The van der Waals surface area contributed by atoms with Gasteiger partial charge in [-0.25, -0.2) is 0 Å². The van der Waals surface area contributed by atoms with Crippen LogP contribution in [-0.2, 0) is 0 Å². The number of rotatable bonds is 0. The fourth-order valence-electron chi connectivity index (χ4n) is 0.611. The number of nitrogens with one attached hydrogen (secondary N) is 1. The van der Waals surface area contributed by atoms with Crippen molar-refractivity contribution in [1.29, 1.82) is 0 Å². The van der Waals surface area contributed by atoms with Gasteiger partial charge in [0.25, 0.3) is 5.56 Å². The van der Waals surface area contributed by atoms with E-state index < -0.39 is 0 Å². The predicted octanol–water partition coefficient (Wildman–Crippen LogP) is 0.481. The zero-order chi connectivity index (χ0) is 5.56. The van der Waals surface area contributed by atoms with Gasteiger partial charge in [-0.1, -0.05) is 0 Å². The molecule has 0 saturated carbocycles. The molecule has 1 aromatic heterocycles. The van der Waals surface area contributed by atoms with Crippen LogP contribution in [0.5, 0.6) is 11.5 Å². The fourth-order valence-corrected chi connectivity index (χ4v) is 0.611. The highest BCUT2D eigenvalue weighted by atomic mass is 16.6. The number of ether oxygens (including phenoxy) is 1. The van der Waals surface area contributed by atoms with E-state index in [1.807, 2.05) is 0 Å². The maximum atomic E-state index is 10.5. The SMILES string of the molecule is O=c1[nH]ccc2c1O2. The zero-order valence-electron chi connectivity index (χ0n) is 3.97. The van der Waals surface area contributed by atoms with E-state index in [0.717, 1.165) is 0 Å². The third-order valence-electron chi connectivity index (χ3n) is 1.05. The summed E-state index contributed by atoms with van der Waals surface area (Å²) in [5, 5.41) is 0. The van der Waals surface area contributed by atoms with Crippen LogP contribution in [0.3, 0.4) is 0 Å². The fraction of sp³-hybridized carbons (Fsp3) is 0. The van der Waals surface area contributed by atoms with Gasteiger partial charge in [-0.05, 0) is 0 Å². The molecule has 0 spiro atoms. The van der Waals surface area contributed by atoms with Crippen molar-refractivity contribution in [1.82, 2.24) is 4.98 Å². The number of aromatic amines is 1. The van der Waals surface area contributed by atoms with Crippen LogP contribution >= 0.6 is 0 Å². The molecular weight excluding hydrogens is 106 g/mol. The average molecular weight is 109 g/mol. The molecule has 0 aliphatic carbocycles. The summed E-state index contributed by atoms with van der Waals surface area (Å²) < 4.78 is 4.72. The second kappa shape index (κ2) is 0.940. The van der Waals surface area contributed by atoms with Gasteiger partial charge in [0.15, 0.2) is 5.75 Å². The Morgan fingerprint density at radius 1 is 1.62 bits per heavy atom. The Morgan fingerprint density at radius 3 is 3.12 bits per heavy atom. The van der Waals surface area contributed by atoms with E-state index in [9.17, 15) is 4.79 Å². The second-order valence-corrected chi connectivity index (χ2v) is 1.60. The van der Waals surface area contributed by atoms with Crippen molar-refractivity contribution in [3.05, 3.63) is 22.6 Å². The third-order valence-corrected chi connectivity index (χ3v) is 1.05. The molecule has 0 atom stereocenters. The molecule has 40 valence electrons. The summed E-state index contributed by atoms with van der Waals surface area (Å²) in [7, 11) is 0. The molecular formula is C5H3NO2. The Balaban J connectivity index is 2.88. The van der Waals surface area contributed by atoms with Gasteiger partial charge in [0.1, 0.15) is 0 Å². The number of hydrogen-bond acceptors (Lipinski definition) is 2. The Hall–Kier alpha value is -1.25. The molecule has 2 heterocycles. The van der Waals surface area contributed by atoms with Gasteiger partial charge in [0, 0.05) is 12.3 Å². The lowest BCUT2D eigenvalue weighted by Gasteiger charge is -1.66. The highest BCUT2D eigenvalue weighted by Gasteiger charge is 2.22. The summed E-state index contributed by atoms with van der Waals surface area (Å²) in [6.07, 6.45) is 1.56. The normalized spacial score (nSPS) is 12.0. The molecule has 1 aromatic rings. The average Bonchev–Trinajstić information content (AvgIpc) is 2.45. The lowest BCUT2D eigenvalue weighted by Crippen LogP contribution is -1.96. The van der Waals surface area contributed by atoms with Gasteiger partial charge in [0.05, 0.1) is 0 Å². The number of hydrogen-bond donors (Lipinski definition) is 1. The first-order chi connectivity index (χ1) is 3.88. The smallest absolute Gasteiger partial charge is 0.294 e. The molecule has 2 rings (SSSR count). The highest BCUT2D eigenvalue weighted by molar-refractivity contribution is 5.51. The van der Waals surface area contributed by atoms with E-state index in [4.69, 9.17) is 4.74 Å². The van der Waals surface area contributed by atoms with Crippen LogP contribution in [0.2, 0.25) is 0 Å². The van der Waals surface area contributed by atoms with E-state index in [-0.39, 0.29) is 5.56 Å². The van der Waals surface area contributed by atoms with Crippen molar-refractivity contribution in [2.24, 2.45) is 0 Å². The van der Waals surface area contributed by atoms with Gasteiger partial charge in [-0.2, -0.15) is 0 Å². The molecule has 0 unspecified atom stereocenters. The van der Waals surface area contributed by atoms with Crippen molar-refractivity contribution in [2.75, 3.05) is 0 Å². The van der Waals surface area contributed by atoms with E-state index in [1.54, 1.807) is 12.3 Å². The minimum Gasteiger partial charge on any atom is -0.443 e. The van der Waals surface area contributed by atoms with Crippen molar-refractivity contribution in [3.63, 3.8) is 0 Å². The minimum atomic E-state index is -0.137.